The topological polar surface area (TPSA) is 13.1 Å². The van der Waals surface area contributed by atoms with Crippen LogP contribution in [-0.2, 0) is 5.41 Å². The van der Waals surface area contributed by atoms with Gasteiger partial charge in [0.15, 0.2) is 0 Å². The Morgan fingerprint density at radius 3 is 1.46 bits per heavy atom. The third kappa shape index (κ3) is 3.99. The fourth-order valence-electron chi connectivity index (χ4n) is 9.19. The summed E-state index contributed by atoms with van der Waals surface area (Å²) in [7, 11) is 0. The molecule has 1 aromatic heterocycles. The average Bonchev–Trinajstić information content (AvgIpc) is 3.73. The van der Waals surface area contributed by atoms with E-state index in [9.17, 15) is 0 Å². The average molecular weight is 661 g/mol. The van der Waals surface area contributed by atoms with Gasteiger partial charge in [0.2, 0.25) is 0 Å². The van der Waals surface area contributed by atoms with E-state index in [-0.39, 0.29) is 0 Å². The maximum atomic E-state index is 6.82. The van der Waals surface area contributed by atoms with Crippen LogP contribution in [0.15, 0.2) is 199 Å². The van der Waals surface area contributed by atoms with E-state index in [2.05, 4.69) is 194 Å². The Hall–Kier alpha value is -6.70. The Bertz CT molecular complexity index is 2910. The first-order chi connectivity index (χ1) is 25.8. The van der Waals surface area contributed by atoms with Crippen LogP contribution in [0.5, 0.6) is 0 Å². The molecule has 52 heavy (non-hydrogen) atoms. The van der Waals surface area contributed by atoms with Crippen molar-refractivity contribution in [1.29, 1.82) is 0 Å². The molecule has 0 aliphatic heterocycles. The molecule has 1 aliphatic rings. The van der Waals surface area contributed by atoms with Crippen LogP contribution in [0.3, 0.4) is 0 Å². The van der Waals surface area contributed by atoms with Crippen molar-refractivity contribution in [3.05, 3.63) is 216 Å². The first-order valence-corrected chi connectivity index (χ1v) is 18.0. The van der Waals surface area contributed by atoms with Gasteiger partial charge in [-0.15, -0.1) is 0 Å². The summed E-state index contributed by atoms with van der Waals surface area (Å²) >= 11 is 0. The Labute approximate surface area is 302 Å². The summed E-state index contributed by atoms with van der Waals surface area (Å²) in [5.74, 6) is 0.955. The predicted molar refractivity (Wildman–Crippen MR) is 217 cm³/mol. The highest BCUT2D eigenvalue weighted by Gasteiger charge is 2.49. The standard InChI is InChI=1S/C51H32O/c1-3-17-37(18-4-1)51(38-19-5-2-6-20-38)45-32-36(29-30-43(45)50-49(51)44-25-13-14-26-46(44)52-50)48-41-23-11-9-21-39(41)47(40-22-10-12-24-42(40)48)35-28-27-33-15-7-8-16-34(33)31-35/h1-32H. The van der Waals surface area contributed by atoms with Crippen molar-refractivity contribution in [1.82, 2.24) is 0 Å². The van der Waals surface area contributed by atoms with Crippen molar-refractivity contribution in [2.45, 2.75) is 5.41 Å². The number of benzene rings is 9. The zero-order chi connectivity index (χ0) is 34.2. The van der Waals surface area contributed by atoms with Crippen molar-refractivity contribution in [3.8, 4) is 33.6 Å². The van der Waals surface area contributed by atoms with E-state index in [1.165, 1.54) is 76.8 Å². The maximum absolute atomic E-state index is 6.82. The minimum atomic E-state index is -0.577. The molecule has 242 valence electrons. The first kappa shape index (κ1) is 29.1. The summed E-state index contributed by atoms with van der Waals surface area (Å²) in [5, 5.41) is 8.65. The largest absolute Gasteiger partial charge is 0.456 e. The highest BCUT2D eigenvalue weighted by molar-refractivity contribution is 6.22. The second-order valence-electron chi connectivity index (χ2n) is 13.9. The predicted octanol–water partition coefficient (Wildman–Crippen LogP) is 13.6. The molecule has 0 amide bonds. The summed E-state index contributed by atoms with van der Waals surface area (Å²) < 4.78 is 6.82. The lowest BCUT2D eigenvalue weighted by atomic mass is 9.67. The normalized spacial score (nSPS) is 13.2. The van der Waals surface area contributed by atoms with Crippen molar-refractivity contribution in [2.24, 2.45) is 0 Å². The molecule has 9 aromatic carbocycles. The Balaban J connectivity index is 1.25. The Morgan fingerprint density at radius 2 is 0.846 bits per heavy atom. The molecule has 0 spiro atoms. The van der Waals surface area contributed by atoms with Crippen molar-refractivity contribution in [2.75, 3.05) is 0 Å². The van der Waals surface area contributed by atoms with E-state index in [4.69, 9.17) is 4.42 Å². The minimum absolute atomic E-state index is 0.577. The molecular formula is C51H32O. The number of furan rings is 1. The summed E-state index contributed by atoms with van der Waals surface area (Å²) in [6, 6.07) is 71.0. The summed E-state index contributed by atoms with van der Waals surface area (Å²) in [6.45, 7) is 0. The molecule has 0 unspecified atom stereocenters. The van der Waals surface area contributed by atoms with Gasteiger partial charge >= 0.3 is 0 Å². The molecule has 0 N–H and O–H groups in total. The highest BCUT2D eigenvalue weighted by Crippen LogP contribution is 2.60. The smallest absolute Gasteiger partial charge is 0.140 e. The van der Waals surface area contributed by atoms with Gasteiger partial charge in [-0.2, -0.15) is 0 Å². The molecule has 10 aromatic rings. The van der Waals surface area contributed by atoms with E-state index >= 15 is 0 Å². The summed E-state index contributed by atoms with van der Waals surface area (Å²) in [6.07, 6.45) is 0. The van der Waals surface area contributed by atoms with Crippen molar-refractivity contribution >= 4 is 43.3 Å². The van der Waals surface area contributed by atoms with E-state index in [0.29, 0.717) is 0 Å². The SMILES string of the molecule is c1ccc(C2(c3ccccc3)c3cc(-c4c5ccccc5c(-c5ccc6ccccc6c5)c5ccccc45)ccc3-c3oc4ccccc4c32)cc1. The van der Waals surface area contributed by atoms with Crippen LogP contribution in [-0.4, -0.2) is 0 Å². The Morgan fingerprint density at radius 1 is 0.365 bits per heavy atom. The fraction of sp³-hybridized carbons (Fsp3) is 0.0196. The lowest BCUT2D eigenvalue weighted by Crippen LogP contribution is -2.28. The van der Waals surface area contributed by atoms with E-state index < -0.39 is 5.41 Å². The third-order valence-corrected chi connectivity index (χ3v) is 11.3. The lowest BCUT2D eigenvalue weighted by molar-refractivity contribution is 0.628. The molecule has 1 heteroatoms. The number of hydrogen-bond acceptors (Lipinski definition) is 1. The number of para-hydroxylation sites is 1. The quantitative estimate of drug-likeness (QED) is 0.171. The maximum Gasteiger partial charge on any atom is 0.140 e. The zero-order valence-corrected chi connectivity index (χ0v) is 28.4. The van der Waals surface area contributed by atoms with Gasteiger partial charge in [-0.1, -0.05) is 176 Å². The van der Waals surface area contributed by atoms with Crippen LogP contribution in [0.25, 0.3) is 76.9 Å². The van der Waals surface area contributed by atoms with Crippen molar-refractivity contribution in [3.63, 3.8) is 0 Å². The van der Waals surface area contributed by atoms with Gasteiger partial charge in [0.05, 0.1) is 5.41 Å². The van der Waals surface area contributed by atoms with Crippen LogP contribution >= 0.6 is 0 Å². The van der Waals surface area contributed by atoms with Gasteiger partial charge in [-0.05, 0) is 89.5 Å². The second kappa shape index (κ2) is 11.2. The fourth-order valence-corrected chi connectivity index (χ4v) is 9.19. The second-order valence-corrected chi connectivity index (χ2v) is 13.9. The first-order valence-electron chi connectivity index (χ1n) is 18.0. The molecule has 1 nitrogen and oxygen atoms in total. The third-order valence-electron chi connectivity index (χ3n) is 11.3. The summed E-state index contributed by atoms with van der Waals surface area (Å²) in [5.41, 5.74) is 11.4. The Kier molecular flexibility index (Phi) is 6.23. The molecule has 0 bridgehead atoms. The van der Waals surface area contributed by atoms with Crippen molar-refractivity contribution < 1.29 is 4.42 Å². The number of rotatable bonds is 4. The summed E-state index contributed by atoms with van der Waals surface area (Å²) in [4.78, 5) is 0. The van der Waals surface area contributed by atoms with Crippen LogP contribution < -0.4 is 0 Å². The van der Waals surface area contributed by atoms with E-state index in [1.807, 2.05) is 0 Å². The van der Waals surface area contributed by atoms with Crippen LogP contribution in [0.1, 0.15) is 22.3 Å². The molecule has 1 heterocycles. The molecule has 0 radical (unpaired) electrons. The van der Waals surface area contributed by atoms with Gasteiger partial charge in [0.1, 0.15) is 11.3 Å². The lowest BCUT2D eigenvalue weighted by Gasteiger charge is -2.33. The molecule has 0 fully saturated rings. The molecular weight excluding hydrogens is 629 g/mol. The van der Waals surface area contributed by atoms with Gasteiger partial charge in [0.25, 0.3) is 0 Å². The molecule has 11 rings (SSSR count). The molecule has 0 atom stereocenters. The molecule has 0 saturated carbocycles. The number of fused-ring (bicyclic) bond motifs is 8. The van der Waals surface area contributed by atoms with E-state index in [0.717, 1.165) is 22.3 Å². The number of hydrogen-bond donors (Lipinski definition) is 0. The van der Waals surface area contributed by atoms with Crippen LogP contribution in [0, 0.1) is 0 Å². The minimum Gasteiger partial charge on any atom is -0.456 e. The van der Waals surface area contributed by atoms with E-state index in [1.54, 1.807) is 0 Å². The van der Waals surface area contributed by atoms with Gasteiger partial charge < -0.3 is 4.42 Å². The van der Waals surface area contributed by atoms with Gasteiger partial charge in [-0.3, -0.25) is 0 Å². The molecule has 0 saturated heterocycles. The molecule has 1 aliphatic carbocycles. The van der Waals surface area contributed by atoms with Gasteiger partial charge in [0, 0.05) is 16.5 Å². The monoisotopic (exact) mass is 660 g/mol. The van der Waals surface area contributed by atoms with Crippen LogP contribution in [0.2, 0.25) is 0 Å². The zero-order valence-electron chi connectivity index (χ0n) is 28.4. The van der Waals surface area contributed by atoms with Crippen LogP contribution in [0.4, 0.5) is 0 Å². The highest BCUT2D eigenvalue weighted by atomic mass is 16.3. The van der Waals surface area contributed by atoms with Gasteiger partial charge in [-0.25, -0.2) is 0 Å².